The number of para-hydroxylation sites is 1. The van der Waals surface area contributed by atoms with Crippen LogP contribution in [0.5, 0.6) is 0 Å². The van der Waals surface area contributed by atoms with Crippen LogP contribution >= 0.6 is 11.3 Å². The summed E-state index contributed by atoms with van der Waals surface area (Å²) >= 11 is 1.53. The van der Waals surface area contributed by atoms with Crippen LogP contribution in [0, 0.1) is 0 Å². The number of H-pyrrole nitrogens is 1. The normalized spacial score (nSPS) is 23.1. The Kier molecular flexibility index (Phi) is 7.54. The minimum absolute atomic E-state index is 0.144. The number of halogens is 3. The Morgan fingerprint density at radius 2 is 1.87 bits per heavy atom. The molecule has 0 amide bonds. The Labute approximate surface area is 219 Å². The Hall–Kier alpha value is -3.23. The number of nitrogens with zero attached hydrogens (tertiary/aromatic N) is 3. The molecule has 10 nitrogen and oxygen atoms in total. The quantitative estimate of drug-likeness (QED) is 0.385. The van der Waals surface area contributed by atoms with E-state index >= 15 is 0 Å². The maximum atomic E-state index is 13.4. The molecule has 3 aromatic rings. The molecule has 2 bridgehead atoms. The lowest BCUT2D eigenvalue weighted by molar-refractivity contribution is -0.192. The number of ether oxygens (including phenoxy) is 1. The number of carboxylic acids is 1. The average Bonchev–Trinajstić information content (AvgIpc) is 3.46. The smallest absolute Gasteiger partial charge is 0.475 e. The summed E-state index contributed by atoms with van der Waals surface area (Å²) in [4.78, 5) is 37.2. The number of carbonyl (C=O) groups is 1. The van der Waals surface area contributed by atoms with Crippen molar-refractivity contribution in [3.8, 4) is 10.6 Å². The number of aromatic nitrogens is 3. The number of aliphatic carboxylic acids is 1. The predicted octanol–water partition coefficient (Wildman–Crippen LogP) is 3.21. The largest absolute Gasteiger partial charge is 0.490 e. The molecule has 0 spiro atoms. The second kappa shape index (κ2) is 10.9. The van der Waals surface area contributed by atoms with Crippen molar-refractivity contribution in [1.82, 2.24) is 20.3 Å². The highest BCUT2D eigenvalue weighted by Crippen LogP contribution is 2.34. The second-order valence-electron chi connectivity index (χ2n) is 9.45. The summed E-state index contributed by atoms with van der Waals surface area (Å²) < 4.78 is 38.8. The molecule has 3 aliphatic heterocycles. The van der Waals surface area contributed by atoms with Gasteiger partial charge in [-0.2, -0.15) is 18.2 Å². The van der Waals surface area contributed by atoms with Crippen LogP contribution in [0.2, 0.25) is 0 Å². The van der Waals surface area contributed by atoms with Crippen molar-refractivity contribution >= 4 is 39.3 Å². The molecule has 3 unspecified atom stereocenters. The Balaban J connectivity index is 0.000000374. The fraction of sp³-hybridized carbons (Fsp3) is 0.500. The van der Waals surface area contributed by atoms with Crippen LogP contribution in [0.1, 0.15) is 25.7 Å². The van der Waals surface area contributed by atoms with Crippen LogP contribution in [0.3, 0.4) is 0 Å². The average molecular weight is 553 g/mol. The van der Waals surface area contributed by atoms with E-state index < -0.39 is 12.1 Å². The fourth-order valence-corrected chi connectivity index (χ4v) is 5.86. The van der Waals surface area contributed by atoms with Crippen molar-refractivity contribution in [3.05, 3.63) is 34.6 Å². The van der Waals surface area contributed by atoms with Crippen LogP contribution in [0.25, 0.3) is 20.8 Å². The second-order valence-corrected chi connectivity index (χ2v) is 10.5. The summed E-state index contributed by atoms with van der Waals surface area (Å²) in [5, 5.41) is 14.8. The number of fused-ring (bicyclic) bond motifs is 3. The van der Waals surface area contributed by atoms with Crippen molar-refractivity contribution in [3.63, 3.8) is 0 Å². The number of carboxylic acid groups (broad SMARTS) is 1. The number of nitrogens with one attached hydrogen (secondary N) is 3. The first kappa shape index (κ1) is 26.4. The fourth-order valence-electron chi connectivity index (χ4n) is 4.85. The third-order valence-corrected chi connectivity index (χ3v) is 7.69. The van der Waals surface area contributed by atoms with Gasteiger partial charge in [0.2, 0.25) is 5.95 Å². The number of piperidine rings is 1. The third-order valence-electron chi connectivity index (χ3n) is 6.64. The van der Waals surface area contributed by atoms with Gasteiger partial charge in [-0.05, 0) is 44.4 Å². The van der Waals surface area contributed by atoms with Crippen LogP contribution < -0.4 is 21.1 Å². The molecule has 6 rings (SSSR count). The number of benzene rings is 1. The highest BCUT2D eigenvalue weighted by Gasteiger charge is 2.38. The van der Waals surface area contributed by atoms with Gasteiger partial charge in [-0.1, -0.05) is 12.1 Å². The molecule has 4 N–H and O–H groups in total. The standard InChI is InChI=1S/C22H26N6O2S.C2HF3O2/c29-20-18(21-25-16-5-1-2-6-17(16)31-21)19(24-13-4-3-9-23-10-13)26-22(27-20)28-11-14-7-8-15(12-28)30-14;3-2(4,5)1(6)7/h1-2,5-6,13-15,23H,3-4,7-12H2,(H2,24,26,27,29);(H,6,7). The number of alkyl halides is 3. The van der Waals surface area contributed by atoms with Gasteiger partial charge in [-0.3, -0.25) is 9.78 Å². The summed E-state index contributed by atoms with van der Waals surface area (Å²) in [5.41, 5.74) is 1.29. The molecular weight excluding hydrogens is 525 g/mol. The third kappa shape index (κ3) is 5.92. The maximum Gasteiger partial charge on any atom is 0.490 e. The zero-order valence-electron chi connectivity index (χ0n) is 20.3. The van der Waals surface area contributed by atoms with E-state index in [1.54, 1.807) is 0 Å². The van der Waals surface area contributed by atoms with Gasteiger partial charge >= 0.3 is 12.1 Å². The molecule has 0 saturated carbocycles. The Morgan fingerprint density at radius 3 is 2.50 bits per heavy atom. The molecule has 0 aliphatic carbocycles. The van der Waals surface area contributed by atoms with Gasteiger partial charge in [0.25, 0.3) is 5.56 Å². The summed E-state index contributed by atoms with van der Waals surface area (Å²) in [6.45, 7) is 3.44. The molecule has 2 aromatic heterocycles. The van der Waals surface area contributed by atoms with Crippen LogP contribution in [-0.4, -0.2) is 76.6 Å². The first-order chi connectivity index (χ1) is 18.2. The molecular formula is C24H27F3N6O4S. The molecule has 1 aromatic carbocycles. The molecule has 3 fully saturated rings. The number of anilines is 2. The maximum absolute atomic E-state index is 13.4. The minimum Gasteiger partial charge on any atom is -0.475 e. The number of morpholine rings is 1. The van der Waals surface area contributed by atoms with Gasteiger partial charge in [0, 0.05) is 25.7 Å². The predicted molar refractivity (Wildman–Crippen MR) is 137 cm³/mol. The number of thiazole rings is 1. The first-order valence-electron chi connectivity index (χ1n) is 12.4. The summed E-state index contributed by atoms with van der Waals surface area (Å²) in [7, 11) is 0. The first-order valence-corrected chi connectivity index (χ1v) is 13.2. The zero-order valence-corrected chi connectivity index (χ0v) is 21.1. The van der Waals surface area contributed by atoms with E-state index in [4.69, 9.17) is 24.6 Å². The van der Waals surface area contributed by atoms with E-state index in [1.807, 2.05) is 24.3 Å². The minimum atomic E-state index is -5.08. The van der Waals surface area contributed by atoms with E-state index in [1.165, 1.54) is 11.3 Å². The molecule has 14 heteroatoms. The van der Waals surface area contributed by atoms with Crippen LogP contribution in [-0.2, 0) is 9.53 Å². The van der Waals surface area contributed by atoms with Gasteiger partial charge in [0.15, 0.2) is 0 Å². The van der Waals surface area contributed by atoms with Crippen molar-refractivity contribution in [1.29, 1.82) is 0 Å². The number of hydrogen-bond donors (Lipinski definition) is 4. The molecule has 3 atom stereocenters. The molecule has 3 saturated heterocycles. The van der Waals surface area contributed by atoms with Crippen LogP contribution in [0.4, 0.5) is 24.9 Å². The highest BCUT2D eigenvalue weighted by atomic mass is 32.1. The van der Waals surface area contributed by atoms with E-state index in [9.17, 15) is 18.0 Å². The molecule has 5 heterocycles. The number of aromatic amines is 1. The van der Waals surface area contributed by atoms with Crippen molar-refractivity contribution in [2.75, 3.05) is 36.4 Å². The molecule has 0 radical (unpaired) electrons. The Bertz CT molecular complexity index is 1310. The summed E-state index contributed by atoms with van der Waals surface area (Å²) in [5.74, 6) is -1.50. The van der Waals surface area contributed by atoms with Gasteiger partial charge in [-0.25, -0.2) is 9.78 Å². The van der Waals surface area contributed by atoms with Gasteiger partial charge in [0.05, 0.1) is 22.4 Å². The lowest BCUT2D eigenvalue weighted by Gasteiger charge is -2.33. The summed E-state index contributed by atoms with van der Waals surface area (Å²) in [6, 6.07) is 8.22. The lowest BCUT2D eigenvalue weighted by atomic mass is 10.1. The lowest BCUT2D eigenvalue weighted by Crippen LogP contribution is -2.44. The van der Waals surface area contributed by atoms with Gasteiger partial charge in [0.1, 0.15) is 16.4 Å². The SMILES string of the molecule is O=C(O)C(F)(F)F.O=c1[nH]c(N2CC3CCC(C2)O3)nc(NC2CCCNC2)c1-c1nc2ccccc2s1. The van der Waals surface area contributed by atoms with Crippen molar-refractivity contribution in [2.45, 2.75) is 50.1 Å². The number of rotatable bonds is 4. The number of hydrogen-bond acceptors (Lipinski definition) is 9. The van der Waals surface area contributed by atoms with E-state index in [0.717, 1.165) is 62.1 Å². The van der Waals surface area contributed by atoms with Crippen molar-refractivity contribution in [2.24, 2.45) is 0 Å². The van der Waals surface area contributed by atoms with Gasteiger partial charge < -0.3 is 25.4 Å². The zero-order chi connectivity index (χ0) is 26.9. The Morgan fingerprint density at radius 1 is 1.16 bits per heavy atom. The van der Waals surface area contributed by atoms with Crippen molar-refractivity contribution < 1.29 is 27.8 Å². The molecule has 3 aliphatic rings. The van der Waals surface area contributed by atoms with E-state index in [-0.39, 0.29) is 23.8 Å². The van der Waals surface area contributed by atoms with E-state index in [2.05, 4.69) is 20.5 Å². The summed E-state index contributed by atoms with van der Waals surface area (Å²) in [6.07, 6.45) is -0.310. The highest BCUT2D eigenvalue weighted by molar-refractivity contribution is 7.21. The monoisotopic (exact) mass is 552 g/mol. The van der Waals surface area contributed by atoms with Gasteiger partial charge in [-0.15, -0.1) is 11.3 Å². The topological polar surface area (TPSA) is 132 Å². The van der Waals surface area contributed by atoms with E-state index in [0.29, 0.717) is 22.3 Å². The van der Waals surface area contributed by atoms with Crippen LogP contribution in [0.15, 0.2) is 29.1 Å². The molecule has 204 valence electrons. The molecule has 38 heavy (non-hydrogen) atoms.